The molecule has 3 aliphatic carbocycles. The molecule has 7 heteroatoms. The molecule has 1 fully saturated rings. The normalized spacial score (nSPS) is 22.5. The molecule has 7 nitrogen and oxygen atoms in total. The summed E-state index contributed by atoms with van der Waals surface area (Å²) in [6, 6.07) is 20.8. The fourth-order valence-electron chi connectivity index (χ4n) is 7.45. The van der Waals surface area contributed by atoms with Gasteiger partial charge in [0, 0.05) is 17.5 Å². The zero-order chi connectivity index (χ0) is 29.7. The largest absolute Gasteiger partial charge is 0.454 e. The Labute approximate surface area is 246 Å². The summed E-state index contributed by atoms with van der Waals surface area (Å²) in [6.45, 7) is 7.11. The number of ether oxygens (including phenoxy) is 1. The third kappa shape index (κ3) is 4.25. The molecule has 2 bridgehead atoms. The molecule has 0 saturated carbocycles. The number of carbonyl (C=O) groups excluding carboxylic acids is 4. The van der Waals surface area contributed by atoms with Crippen LogP contribution in [0.3, 0.4) is 0 Å². The minimum atomic E-state index is -1.12. The second kappa shape index (κ2) is 10.9. The van der Waals surface area contributed by atoms with Gasteiger partial charge in [0.15, 0.2) is 6.61 Å². The summed E-state index contributed by atoms with van der Waals surface area (Å²) in [5.41, 5.74) is 7.04. The zero-order valence-corrected chi connectivity index (χ0v) is 24.4. The lowest BCUT2D eigenvalue weighted by atomic mass is 9.55. The number of likely N-dealkylation sites (tertiary alicyclic amines) is 1. The van der Waals surface area contributed by atoms with Gasteiger partial charge in [-0.3, -0.25) is 19.3 Å². The zero-order valence-electron chi connectivity index (χ0n) is 24.4. The van der Waals surface area contributed by atoms with E-state index >= 15 is 0 Å². The number of rotatable bonds is 8. The summed E-state index contributed by atoms with van der Waals surface area (Å²) in [4.78, 5) is 55.9. The predicted octanol–water partition coefficient (Wildman–Crippen LogP) is 5.21. The first-order chi connectivity index (χ1) is 20.3. The van der Waals surface area contributed by atoms with E-state index in [2.05, 4.69) is 5.32 Å². The maximum atomic E-state index is 14.1. The Balaban J connectivity index is 1.25. The van der Waals surface area contributed by atoms with Crippen molar-refractivity contribution >= 4 is 29.4 Å². The number of nitrogens with zero attached hydrogens (tertiary/aromatic N) is 1. The van der Waals surface area contributed by atoms with E-state index in [4.69, 9.17) is 4.74 Å². The van der Waals surface area contributed by atoms with Crippen molar-refractivity contribution < 1.29 is 23.9 Å². The van der Waals surface area contributed by atoms with E-state index in [1.807, 2.05) is 80.6 Å². The van der Waals surface area contributed by atoms with Crippen molar-refractivity contribution in [2.75, 3.05) is 11.9 Å². The van der Waals surface area contributed by atoms with Gasteiger partial charge in [-0.2, -0.15) is 0 Å². The van der Waals surface area contributed by atoms with Gasteiger partial charge in [0.1, 0.15) is 6.04 Å². The Morgan fingerprint density at radius 3 is 1.62 bits per heavy atom. The van der Waals surface area contributed by atoms with Gasteiger partial charge in [0.05, 0.1) is 11.8 Å². The minimum absolute atomic E-state index is 0.255. The van der Waals surface area contributed by atoms with E-state index in [0.29, 0.717) is 0 Å². The van der Waals surface area contributed by atoms with E-state index in [9.17, 15) is 19.2 Å². The van der Waals surface area contributed by atoms with Crippen LogP contribution in [0.4, 0.5) is 5.69 Å². The van der Waals surface area contributed by atoms with Gasteiger partial charge < -0.3 is 10.1 Å². The average Bonchev–Trinajstić information content (AvgIpc) is 3.26. The van der Waals surface area contributed by atoms with Crippen LogP contribution in [-0.4, -0.2) is 41.2 Å². The van der Waals surface area contributed by atoms with Crippen molar-refractivity contribution in [2.45, 2.75) is 58.4 Å². The van der Waals surface area contributed by atoms with Crippen molar-refractivity contribution in [1.82, 2.24) is 4.90 Å². The molecule has 1 heterocycles. The van der Waals surface area contributed by atoms with Crippen molar-refractivity contribution in [3.63, 3.8) is 0 Å². The molecule has 0 spiro atoms. The Morgan fingerprint density at radius 1 is 0.762 bits per heavy atom. The fourth-order valence-corrected chi connectivity index (χ4v) is 7.45. The van der Waals surface area contributed by atoms with Gasteiger partial charge in [-0.15, -0.1) is 0 Å². The first-order valence-electron chi connectivity index (χ1n) is 14.9. The molecule has 216 valence electrons. The van der Waals surface area contributed by atoms with Crippen LogP contribution in [0.1, 0.15) is 72.9 Å². The minimum Gasteiger partial charge on any atom is -0.454 e. The lowest BCUT2D eigenvalue weighted by Gasteiger charge is -2.45. The van der Waals surface area contributed by atoms with Crippen LogP contribution >= 0.6 is 0 Å². The molecule has 3 amide bonds. The third-order valence-corrected chi connectivity index (χ3v) is 9.24. The first kappa shape index (κ1) is 27.9. The highest BCUT2D eigenvalue weighted by Gasteiger charge is 2.63. The summed E-state index contributed by atoms with van der Waals surface area (Å²) in [5.74, 6) is -3.96. The molecule has 0 unspecified atom stereocenters. The topological polar surface area (TPSA) is 92.8 Å². The van der Waals surface area contributed by atoms with Crippen molar-refractivity contribution in [1.29, 1.82) is 0 Å². The SMILES string of the molecule is CCc1cccc(CC)c1NC(=O)COC(=O)[C@H](C(C)C)N1C(=O)[C@@H]2C3c4ccccc4C(c4ccccc43)[C@@H]2C1=O. The first-order valence-corrected chi connectivity index (χ1v) is 14.9. The van der Waals surface area contributed by atoms with Crippen molar-refractivity contribution in [3.05, 3.63) is 100 Å². The van der Waals surface area contributed by atoms with Gasteiger partial charge in [0.2, 0.25) is 11.8 Å². The molecule has 0 radical (unpaired) electrons. The third-order valence-electron chi connectivity index (χ3n) is 9.24. The van der Waals surface area contributed by atoms with E-state index < -0.39 is 42.3 Å². The van der Waals surface area contributed by atoms with E-state index in [-0.39, 0.29) is 23.7 Å². The number of carbonyl (C=O) groups is 4. The molecule has 3 aromatic rings. The quantitative estimate of drug-likeness (QED) is 0.300. The molecule has 0 aromatic heterocycles. The number of para-hydroxylation sites is 1. The lowest BCUT2D eigenvalue weighted by molar-refractivity contribution is -0.162. The van der Waals surface area contributed by atoms with Gasteiger partial charge >= 0.3 is 5.97 Å². The fraction of sp³-hybridized carbons (Fsp3) is 0.371. The highest BCUT2D eigenvalue weighted by atomic mass is 16.5. The van der Waals surface area contributed by atoms with E-state index in [1.54, 1.807) is 13.8 Å². The number of aryl methyl sites for hydroxylation is 2. The highest BCUT2D eigenvalue weighted by Crippen LogP contribution is 2.61. The molecule has 1 saturated heterocycles. The lowest BCUT2D eigenvalue weighted by Crippen LogP contribution is -2.49. The Hall–Kier alpha value is -4.26. The number of hydrogen-bond acceptors (Lipinski definition) is 5. The highest BCUT2D eigenvalue weighted by molar-refractivity contribution is 6.10. The Bertz CT molecular complexity index is 1460. The van der Waals surface area contributed by atoms with Crippen LogP contribution in [-0.2, 0) is 36.8 Å². The molecule has 4 aliphatic rings. The molecular formula is C35H36N2O5. The molecule has 1 aliphatic heterocycles. The smallest absolute Gasteiger partial charge is 0.330 e. The molecular weight excluding hydrogens is 528 g/mol. The predicted molar refractivity (Wildman–Crippen MR) is 159 cm³/mol. The summed E-state index contributed by atoms with van der Waals surface area (Å²) in [6.07, 6.45) is 1.49. The maximum Gasteiger partial charge on any atom is 0.330 e. The maximum absolute atomic E-state index is 14.1. The van der Waals surface area contributed by atoms with Crippen LogP contribution in [0.15, 0.2) is 66.7 Å². The van der Waals surface area contributed by atoms with Gasteiger partial charge in [-0.1, -0.05) is 94.4 Å². The monoisotopic (exact) mass is 564 g/mol. The summed E-state index contributed by atoms with van der Waals surface area (Å²) >= 11 is 0. The van der Waals surface area contributed by atoms with E-state index in [0.717, 1.165) is 56.8 Å². The summed E-state index contributed by atoms with van der Waals surface area (Å²) < 4.78 is 5.50. The molecule has 3 atom stereocenters. The molecule has 7 rings (SSSR count). The molecule has 42 heavy (non-hydrogen) atoms. The summed E-state index contributed by atoms with van der Waals surface area (Å²) in [5, 5.41) is 2.91. The molecule has 3 aromatic carbocycles. The van der Waals surface area contributed by atoms with Crippen LogP contribution in [0.5, 0.6) is 0 Å². The standard InChI is InChI=1S/C35H36N2O5/c1-5-20-12-11-13-21(6-2)31(20)36-26(38)18-42-35(41)32(19(3)4)37-33(39)29-27-22-14-7-8-15-23(22)28(30(29)34(37)40)25-17-10-9-16-24(25)27/h7-17,19,27-30,32H,5-6,18H2,1-4H3,(H,36,38)/t27?,28?,29-,30+,32-/m0/s1. The van der Waals surface area contributed by atoms with Crippen LogP contribution in [0.2, 0.25) is 0 Å². The molecule has 1 N–H and O–H groups in total. The summed E-state index contributed by atoms with van der Waals surface area (Å²) in [7, 11) is 0. The van der Waals surface area contributed by atoms with E-state index in [1.165, 1.54) is 0 Å². The number of amides is 3. The Morgan fingerprint density at radius 2 is 1.21 bits per heavy atom. The number of nitrogens with one attached hydrogen (secondary N) is 1. The van der Waals surface area contributed by atoms with Gasteiger partial charge in [0.25, 0.3) is 5.91 Å². The number of benzene rings is 3. The second-order valence-corrected chi connectivity index (χ2v) is 11.8. The number of anilines is 1. The van der Waals surface area contributed by atoms with Crippen LogP contribution < -0.4 is 5.32 Å². The van der Waals surface area contributed by atoms with Crippen molar-refractivity contribution in [3.8, 4) is 0 Å². The van der Waals surface area contributed by atoms with Crippen LogP contribution in [0, 0.1) is 17.8 Å². The van der Waals surface area contributed by atoms with Gasteiger partial charge in [-0.25, -0.2) is 4.79 Å². The second-order valence-electron chi connectivity index (χ2n) is 11.8. The Kier molecular flexibility index (Phi) is 7.21. The van der Waals surface area contributed by atoms with Crippen LogP contribution in [0.25, 0.3) is 0 Å². The number of imide groups is 1. The average molecular weight is 565 g/mol. The number of hydrogen-bond donors (Lipinski definition) is 1. The van der Waals surface area contributed by atoms with Gasteiger partial charge in [-0.05, 0) is 52.1 Å². The number of esters is 1. The van der Waals surface area contributed by atoms with Crippen molar-refractivity contribution in [2.24, 2.45) is 17.8 Å².